The highest BCUT2D eigenvalue weighted by atomic mass is 32.2. The Morgan fingerprint density at radius 2 is 2.05 bits per heavy atom. The van der Waals surface area contributed by atoms with Crippen LogP contribution in [-0.4, -0.2) is 18.2 Å². The van der Waals surface area contributed by atoms with Crippen molar-refractivity contribution in [2.45, 2.75) is 45.2 Å². The third-order valence-corrected chi connectivity index (χ3v) is 4.97. The summed E-state index contributed by atoms with van der Waals surface area (Å²) < 4.78 is 29.1. The molecule has 0 amide bonds. The monoisotopic (exact) mass is 307 g/mol. The second kappa shape index (κ2) is 5.99. The molecule has 6 heteroatoms. The highest BCUT2D eigenvalue weighted by molar-refractivity contribution is 7.89. The lowest BCUT2D eigenvalue weighted by Crippen LogP contribution is -2.27. The molecule has 0 saturated carbocycles. The molecule has 0 aliphatic carbocycles. The number of rotatable bonds is 5. The van der Waals surface area contributed by atoms with Gasteiger partial charge in [0, 0.05) is 18.8 Å². The van der Waals surface area contributed by atoms with Gasteiger partial charge in [0.2, 0.25) is 10.0 Å². The quantitative estimate of drug-likeness (QED) is 0.923. The number of aromatic nitrogens is 2. The Balaban J connectivity index is 2.25. The van der Waals surface area contributed by atoms with Gasteiger partial charge in [0.05, 0.1) is 6.20 Å². The Bertz CT molecular complexity index is 735. The molecule has 1 atom stereocenters. The first-order valence-electron chi connectivity index (χ1n) is 6.95. The number of nitrogens with one attached hydrogen (secondary N) is 1. The van der Waals surface area contributed by atoms with Gasteiger partial charge >= 0.3 is 0 Å². The fourth-order valence-corrected chi connectivity index (χ4v) is 3.42. The molecule has 1 unspecified atom stereocenters. The maximum absolute atomic E-state index is 12.4. The van der Waals surface area contributed by atoms with Crippen molar-refractivity contribution in [3.63, 3.8) is 0 Å². The molecule has 0 aliphatic heterocycles. The van der Waals surface area contributed by atoms with Crippen molar-refractivity contribution in [3.05, 3.63) is 47.3 Å². The Kier molecular flexibility index (Phi) is 4.49. The zero-order valence-electron chi connectivity index (χ0n) is 12.8. The molecule has 2 aromatic rings. The van der Waals surface area contributed by atoms with Gasteiger partial charge < -0.3 is 0 Å². The van der Waals surface area contributed by atoms with Gasteiger partial charge in [0.1, 0.15) is 4.90 Å². The summed E-state index contributed by atoms with van der Waals surface area (Å²) in [7, 11) is -3.56. The first kappa shape index (κ1) is 15.7. The predicted molar refractivity (Wildman–Crippen MR) is 82.6 cm³/mol. The highest BCUT2D eigenvalue weighted by Gasteiger charge is 2.21. The fraction of sp³-hybridized carbons (Fsp3) is 0.400. The lowest BCUT2D eigenvalue weighted by Gasteiger charge is -2.16. The summed E-state index contributed by atoms with van der Waals surface area (Å²) in [6.07, 6.45) is 2.92. The van der Waals surface area contributed by atoms with Crippen molar-refractivity contribution in [2.24, 2.45) is 0 Å². The van der Waals surface area contributed by atoms with Crippen molar-refractivity contribution >= 4 is 10.0 Å². The fourth-order valence-electron chi connectivity index (χ4n) is 2.25. The van der Waals surface area contributed by atoms with E-state index in [0.29, 0.717) is 6.54 Å². The van der Waals surface area contributed by atoms with Crippen molar-refractivity contribution < 1.29 is 8.42 Å². The molecule has 0 fully saturated rings. The van der Waals surface area contributed by atoms with E-state index in [1.807, 2.05) is 45.9 Å². The van der Waals surface area contributed by atoms with Crippen LogP contribution >= 0.6 is 0 Å². The molecular weight excluding hydrogens is 286 g/mol. The zero-order chi connectivity index (χ0) is 15.6. The molecule has 5 nitrogen and oxygen atoms in total. The molecule has 0 radical (unpaired) electrons. The van der Waals surface area contributed by atoms with Crippen LogP contribution in [0.25, 0.3) is 0 Å². The normalized spacial score (nSPS) is 13.3. The second-order valence-corrected chi connectivity index (χ2v) is 6.95. The van der Waals surface area contributed by atoms with Crippen molar-refractivity contribution in [3.8, 4) is 0 Å². The van der Waals surface area contributed by atoms with Gasteiger partial charge in [0.25, 0.3) is 0 Å². The number of aryl methyl sites for hydroxylation is 3. The molecule has 1 N–H and O–H groups in total. The van der Waals surface area contributed by atoms with E-state index in [1.165, 1.54) is 12.4 Å². The van der Waals surface area contributed by atoms with E-state index >= 15 is 0 Å². The van der Waals surface area contributed by atoms with Gasteiger partial charge in [-0.25, -0.2) is 13.1 Å². The maximum Gasteiger partial charge on any atom is 0.244 e. The molecule has 0 aliphatic rings. The summed E-state index contributed by atoms with van der Waals surface area (Å²) in [5.41, 5.74) is 3.17. The number of benzene rings is 1. The number of hydrogen-bond acceptors (Lipinski definition) is 3. The number of nitrogens with zero attached hydrogens (tertiary/aromatic N) is 2. The highest BCUT2D eigenvalue weighted by Crippen LogP contribution is 2.21. The third kappa shape index (κ3) is 3.51. The maximum atomic E-state index is 12.4. The van der Waals surface area contributed by atoms with Crippen LogP contribution < -0.4 is 4.72 Å². The van der Waals surface area contributed by atoms with Crippen LogP contribution in [-0.2, 0) is 16.6 Å². The van der Waals surface area contributed by atoms with Crippen LogP contribution in [0.3, 0.4) is 0 Å². The van der Waals surface area contributed by atoms with Crippen LogP contribution in [0.5, 0.6) is 0 Å². The minimum absolute atomic E-state index is 0.196. The van der Waals surface area contributed by atoms with E-state index in [0.717, 1.165) is 16.7 Å². The SMILES string of the molecule is CCn1cc(S(=O)(=O)NC(C)c2cc(C)ccc2C)cn1. The molecule has 21 heavy (non-hydrogen) atoms. The average Bonchev–Trinajstić information content (AvgIpc) is 2.90. The average molecular weight is 307 g/mol. The Morgan fingerprint density at radius 1 is 1.33 bits per heavy atom. The van der Waals surface area contributed by atoms with Crippen molar-refractivity contribution in [1.29, 1.82) is 0 Å². The predicted octanol–water partition coefficient (Wildman–Crippen LogP) is 2.56. The Labute approximate surface area is 126 Å². The van der Waals surface area contributed by atoms with E-state index < -0.39 is 10.0 Å². The first-order valence-corrected chi connectivity index (χ1v) is 8.43. The lowest BCUT2D eigenvalue weighted by molar-refractivity contribution is 0.566. The molecule has 1 aromatic carbocycles. The molecule has 0 spiro atoms. The third-order valence-electron chi connectivity index (χ3n) is 3.48. The summed E-state index contributed by atoms with van der Waals surface area (Å²) in [6, 6.07) is 5.74. The van der Waals surface area contributed by atoms with Crippen LogP contribution in [0.4, 0.5) is 0 Å². The molecular formula is C15H21N3O2S. The molecule has 2 rings (SSSR count). The molecule has 0 bridgehead atoms. The van der Waals surface area contributed by atoms with Crippen LogP contribution in [0.2, 0.25) is 0 Å². The van der Waals surface area contributed by atoms with E-state index in [9.17, 15) is 8.42 Å². The Morgan fingerprint density at radius 3 is 2.67 bits per heavy atom. The summed E-state index contributed by atoms with van der Waals surface area (Å²) in [5.74, 6) is 0. The van der Waals surface area contributed by atoms with Gasteiger partial charge in [-0.05, 0) is 38.8 Å². The van der Waals surface area contributed by atoms with E-state index in [1.54, 1.807) is 4.68 Å². The van der Waals surface area contributed by atoms with Gasteiger partial charge in [-0.1, -0.05) is 23.8 Å². The van der Waals surface area contributed by atoms with Crippen LogP contribution in [0.15, 0.2) is 35.5 Å². The Hall–Kier alpha value is -1.66. The standard InChI is InChI=1S/C15H21N3O2S/c1-5-18-10-14(9-16-18)21(19,20)17-13(4)15-8-11(2)6-7-12(15)3/h6-10,13,17H,5H2,1-4H3. The summed E-state index contributed by atoms with van der Waals surface area (Å²) >= 11 is 0. The number of hydrogen-bond donors (Lipinski definition) is 1. The number of sulfonamides is 1. The van der Waals surface area contributed by atoms with Gasteiger partial charge in [-0.3, -0.25) is 4.68 Å². The second-order valence-electron chi connectivity index (χ2n) is 5.23. The van der Waals surface area contributed by atoms with Gasteiger partial charge in [0.15, 0.2) is 0 Å². The lowest BCUT2D eigenvalue weighted by atomic mass is 10.0. The van der Waals surface area contributed by atoms with Gasteiger partial charge in [-0.2, -0.15) is 5.10 Å². The smallest absolute Gasteiger partial charge is 0.244 e. The van der Waals surface area contributed by atoms with E-state index in [-0.39, 0.29) is 10.9 Å². The summed E-state index contributed by atoms with van der Waals surface area (Å²) in [4.78, 5) is 0.196. The minimum Gasteiger partial charge on any atom is -0.272 e. The van der Waals surface area contributed by atoms with E-state index in [4.69, 9.17) is 0 Å². The first-order chi connectivity index (χ1) is 9.83. The van der Waals surface area contributed by atoms with E-state index in [2.05, 4.69) is 9.82 Å². The summed E-state index contributed by atoms with van der Waals surface area (Å²) in [5, 5.41) is 4.01. The molecule has 1 aromatic heterocycles. The minimum atomic E-state index is -3.56. The zero-order valence-corrected chi connectivity index (χ0v) is 13.6. The molecule has 0 saturated heterocycles. The van der Waals surface area contributed by atoms with Crippen molar-refractivity contribution in [1.82, 2.24) is 14.5 Å². The topological polar surface area (TPSA) is 64.0 Å². The van der Waals surface area contributed by atoms with Crippen LogP contribution in [0.1, 0.15) is 36.6 Å². The van der Waals surface area contributed by atoms with Gasteiger partial charge in [-0.15, -0.1) is 0 Å². The van der Waals surface area contributed by atoms with Crippen LogP contribution in [0, 0.1) is 13.8 Å². The molecule has 1 heterocycles. The van der Waals surface area contributed by atoms with Crippen molar-refractivity contribution in [2.75, 3.05) is 0 Å². The summed E-state index contributed by atoms with van der Waals surface area (Å²) in [6.45, 7) is 8.38. The molecule has 114 valence electrons. The largest absolute Gasteiger partial charge is 0.272 e.